The maximum atomic E-state index is 5.34. The monoisotopic (exact) mass is 226 g/mol. The first-order chi connectivity index (χ1) is 8.33. The number of benzene rings is 2. The van der Waals surface area contributed by atoms with E-state index in [1.807, 2.05) is 0 Å². The van der Waals surface area contributed by atoms with E-state index >= 15 is 0 Å². The third-order valence-electron chi connectivity index (χ3n) is 2.98. The van der Waals surface area contributed by atoms with Crippen molar-refractivity contribution in [1.29, 1.82) is 0 Å². The van der Waals surface area contributed by atoms with Crippen molar-refractivity contribution >= 4 is 0 Å². The third kappa shape index (κ3) is 2.88. The van der Waals surface area contributed by atoms with Crippen molar-refractivity contribution in [2.24, 2.45) is 0 Å². The molecular weight excluding hydrogens is 208 g/mol. The van der Waals surface area contributed by atoms with Crippen molar-refractivity contribution in [3.05, 3.63) is 65.2 Å². The summed E-state index contributed by atoms with van der Waals surface area (Å²) >= 11 is 0. The summed E-state index contributed by atoms with van der Waals surface area (Å²) in [5.74, 6) is 0.990. The van der Waals surface area contributed by atoms with Crippen molar-refractivity contribution < 1.29 is 4.74 Å². The molecule has 0 aliphatic heterocycles. The van der Waals surface area contributed by atoms with Gasteiger partial charge in [-0.15, -0.1) is 0 Å². The summed E-state index contributed by atoms with van der Waals surface area (Å²) in [6, 6.07) is 17.0. The molecule has 0 atom stereocenters. The van der Waals surface area contributed by atoms with Crippen LogP contribution >= 0.6 is 0 Å². The standard InChI is InChI=1S/C16H18O/c1-3-15-12-14(9-10-16(15)17-2)11-13-7-5-4-6-8-13/h4-10,12H,3,11H2,1-2H3. The van der Waals surface area contributed by atoms with E-state index < -0.39 is 0 Å². The van der Waals surface area contributed by atoms with Gasteiger partial charge in [-0.1, -0.05) is 49.4 Å². The molecule has 0 saturated carbocycles. The summed E-state index contributed by atoms with van der Waals surface area (Å²) < 4.78 is 5.34. The Morgan fingerprint density at radius 2 is 1.71 bits per heavy atom. The maximum absolute atomic E-state index is 5.34. The van der Waals surface area contributed by atoms with Crippen molar-refractivity contribution in [3.8, 4) is 5.75 Å². The lowest BCUT2D eigenvalue weighted by Crippen LogP contribution is -1.94. The number of ether oxygens (including phenoxy) is 1. The third-order valence-corrected chi connectivity index (χ3v) is 2.98. The Morgan fingerprint density at radius 1 is 0.941 bits per heavy atom. The van der Waals surface area contributed by atoms with Gasteiger partial charge in [0.1, 0.15) is 5.75 Å². The van der Waals surface area contributed by atoms with E-state index in [-0.39, 0.29) is 0 Å². The minimum Gasteiger partial charge on any atom is -0.496 e. The van der Waals surface area contributed by atoms with E-state index in [1.54, 1.807) is 7.11 Å². The van der Waals surface area contributed by atoms with Crippen LogP contribution < -0.4 is 4.74 Å². The van der Waals surface area contributed by atoms with Gasteiger partial charge in [-0.2, -0.15) is 0 Å². The van der Waals surface area contributed by atoms with Gasteiger partial charge in [-0.25, -0.2) is 0 Å². The van der Waals surface area contributed by atoms with Crippen molar-refractivity contribution in [1.82, 2.24) is 0 Å². The largest absolute Gasteiger partial charge is 0.496 e. The first kappa shape index (κ1) is 11.7. The molecule has 0 saturated heterocycles. The Hall–Kier alpha value is -1.76. The Balaban J connectivity index is 2.22. The van der Waals surface area contributed by atoms with Crippen LogP contribution in [-0.4, -0.2) is 7.11 Å². The lowest BCUT2D eigenvalue weighted by atomic mass is 10.0. The average Bonchev–Trinajstić information content (AvgIpc) is 2.40. The Labute approximate surface area is 103 Å². The topological polar surface area (TPSA) is 9.23 Å². The highest BCUT2D eigenvalue weighted by Gasteiger charge is 2.03. The molecule has 0 bridgehead atoms. The molecule has 0 radical (unpaired) electrons. The second kappa shape index (κ2) is 5.53. The van der Waals surface area contributed by atoms with E-state index in [2.05, 4.69) is 55.5 Å². The van der Waals surface area contributed by atoms with Crippen molar-refractivity contribution in [2.45, 2.75) is 19.8 Å². The summed E-state index contributed by atoms with van der Waals surface area (Å²) in [4.78, 5) is 0. The molecule has 0 aliphatic carbocycles. The van der Waals surface area contributed by atoms with Gasteiger partial charge in [-0.3, -0.25) is 0 Å². The van der Waals surface area contributed by atoms with Gasteiger partial charge >= 0.3 is 0 Å². The van der Waals surface area contributed by atoms with Crippen LogP contribution in [0.25, 0.3) is 0 Å². The highest BCUT2D eigenvalue weighted by molar-refractivity contribution is 5.39. The summed E-state index contributed by atoms with van der Waals surface area (Å²) in [5, 5.41) is 0. The van der Waals surface area contributed by atoms with E-state index in [0.717, 1.165) is 18.6 Å². The smallest absolute Gasteiger partial charge is 0.122 e. The SMILES string of the molecule is CCc1cc(Cc2ccccc2)ccc1OC. The quantitative estimate of drug-likeness (QED) is 0.769. The van der Waals surface area contributed by atoms with E-state index in [1.165, 1.54) is 16.7 Å². The number of hydrogen-bond acceptors (Lipinski definition) is 1. The Morgan fingerprint density at radius 3 is 2.35 bits per heavy atom. The fourth-order valence-electron chi connectivity index (χ4n) is 2.05. The van der Waals surface area contributed by atoms with E-state index in [9.17, 15) is 0 Å². The van der Waals surface area contributed by atoms with Crippen molar-refractivity contribution in [2.75, 3.05) is 7.11 Å². The summed E-state index contributed by atoms with van der Waals surface area (Å²) in [7, 11) is 1.73. The summed E-state index contributed by atoms with van der Waals surface area (Å²) in [6.45, 7) is 2.16. The zero-order valence-electron chi connectivity index (χ0n) is 10.4. The molecule has 2 rings (SSSR count). The fourth-order valence-corrected chi connectivity index (χ4v) is 2.05. The molecule has 0 unspecified atom stereocenters. The molecule has 2 aromatic carbocycles. The highest BCUT2D eigenvalue weighted by atomic mass is 16.5. The van der Waals surface area contributed by atoms with E-state index in [0.29, 0.717) is 0 Å². The molecule has 0 spiro atoms. The molecule has 0 amide bonds. The summed E-state index contributed by atoms with van der Waals surface area (Å²) in [5.41, 5.74) is 3.97. The van der Waals surface area contributed by atoms with Gasteiger partial charge in [0.25, 0.3) is 0 Å². The maximum Gasteiger partial charge on any atom is 0.122 e. The van der Waals surface area contributed by atoms with Gasteiger partial charge < -0.3 is 4.74 Å². The Kier molecular flexibility index (Phi) is 3.81. The number of methoxy groups -OCH3 is 1. The molecule has 1 heteroatoms. The second-order valence-electron chi connectivity index (χ2n) is 4.16. The highest BCUT2D eigenvalue weighted by Crippen LogP contribution is 2.21. The molecular formula is C16H18O. The van der Waals surface area contributed by atoms with Crippen LogP contribution in [0.3, 0.4) is 0 Å². The minimum atomic E-state index is 0.984. The van der Waals surface area contributed by atoms with Gasteiger partial charge in [0.2, 0.25) is 0 Å². The lowest BCUT2D eigenvalue weighted by Gasteiger charge is -2.09. The normalized spacial score (nSPS) is 10.2. The molecule has 88 valence electrons. The van der Waals surface area contributed by atoms with Gasteiger partial charge in [0.05, 0.1) is 7.11 Å². The summed E-state index contributed by atoms with van der Waals surface area (Å²) in [6.07, 6.45) is 1.99. The number of aryl methyl sites for hydroxylation is 1. The van der Waals surface area contributed by atoms with Crippen LogP contribution in [0.15, 0.2) is 48.5 Å². The predicted octanol–water partition coefficient (Wildman–Crippen LogP) is 3.85. The van der Waals surface area contributed by atoms with Crippen LogP contribution in [0.2, 0.25) is 0 Å². The van der Waals surface area contributed by atoms with Gasteiger partial charge in [-0.05, 0) is 35.6 Å². The van der Waals surface area contributed by atoms with Gasteiger partial charge in [0, 0.05) is 0 Å². The van der Waals surface area contributed by atoms with Crippen LogP contribution in [0.1, 0.15) is 23.6 Å². The fraction of sp³-hybridized carbons (Fsp3) is 0.250. The number of hydrogen-bond donors (Lipinski definition) is 0. The predicted molar refractivity (Wildman–Crippen MR) is 71.6 cm³/mol. The number of rotatable bonds is 4. The zero-order chi connectivity index (χ0) is 12.1. The molecule has 0 aliphatic rings. The zero-order valence-corrected chi connectivity index (χ0v) is 10.4. The first-order valence-electron chi connectivity index (χ1n) is 6.03. The molecule has 1 nitrogen and oxygen atoms in total. The molecule has 2 aromatic rings. The first-order valence-corrected chi connectivity index (χ1v) is 6.03. The van der Waals surface area contributed by atoms with Crippen LogP contribution in [-0.2, 0) is 12.8 Å². The molecule has 17 heavy (non-hydrogen) atoms. The van der Waals surface area contributed by atoms with Crippen LogP contribution in [0.4, 0.5) is 0 Å². The lowest BCUT2D eigenvalue weighted by molar-refractivity contribution is 0.410. The Bertz CT molecular complexity index is 474. The molecule has 0 fully saturated rings. The van der Waals surface area contributed by atoms with E-state index in [4.69, 9.17) is 4.74 Å². The molecule has 0 heterocycles. The molecule has 0 N–H and O–H groups in total. The van der Waals surface area contributed by atoms with Crippen molar-refractivity contribution in [3.63, 3.8) is 0 Å². The molecule has 0 aromatic heterocycles. The van der Waals surface area contributed by atoms with Gasteiger partial charge in [0.15, 0.2) is 0 Å². The average molecular weight is 226 g/mol. The second-order valence-corrected chi connectivity index (χ2v) is 4.16. The van der Waals surface area contributed by atoms with Crippen LogP contribution in [0, 0.1) is 0 Å². The van der Waals surface area contributed by atoms with Crippen LogP contribution in [0.5, 0.6) is 5.75 Å². The minimum absolute atomic E-state index is 0.984.